The van der Waals surface area contributed by atoms with Gasteiger partial charge in [-0.25, -0.2) is 4.98 Å². The van der Waals surface area contributed by atoms with Crippen LogP contribution >= 0.6 is 0 Å². The Morgan fingerprint density at radius 2 is 2.14 bits per heavy atom. The molecule has 1 aromatic heterocycles. The summed E-state index contributed by atoms with van der Waals surface area (Å²) < 4.78 is 5.28. The number of hydrogen-bond donors (Lipinski definition) is 2. The second kappa shape index (κ2) is 6.87. The molecule has 2 heterocycles. The largest absolute Gasteiger partial charge is 0.384 e. The number of nitrogens with one attached hydrogen (secondary N) is 2. The van der Waals surface area contributed by atoms with E-state index in [1.165, 1.54) is 0 Å². The smallest absolute Gasteiger partial charge is 0.233 e. The van der Waals surface area contributed by atoms with Crippen molar-refractivity contribution in [3.05, 3.63) is 18.3 Å². The summed E-state index contributed by atoms with van der Waals surface area (Å²) in [6, 6.07) is 3.77. The molecule has 1 fully saturated rings. The van der Waals surface area contributed by atoms with Gasteiger partial charge in [-0.2, -0.15) is 0 Å². The molecular formula is C15H24N4O2. The van der Waals surface area contributed by atoms with E-state index >= 15 is 0 Å². The third kappa shape index (κ3) is 3.71. The first-order valence-electron chi connectivity index (χ1n) is 7.22. The number of ether oxygens (including phenoxy) is 1. The number of carbonyl (C=O) groups is 1. The Morgan fingerprint density at radius 1 is 1.43 bits per heavy atom. The quantitative estimate of drug-likeness (QED) is 0.851. The van der Waals surface area contributed by atoms with Crippen molar-refractivity contribution in [1.82, 2.24) is 10.3 Å². The first kappa shape index (κ1) is 15.7. The van der Waals surface area contributed by atoms with Crippen LogP contribution in [0.1, 0.15) is 12.8 Å². The minimum Gasteiger partial charge on any atom is -0.384 e. The van der Waals surface area contributed by atoms with Crippen LogP contribution in [0.5, 0.6) is 0 Å². The number of nitrogens with zero attached hydrogens (tertiary/aromatic N) is 2. The van der Waals surface area contributed by atoms with E-state index in [-0.39, 0.29) is 5.91 Å². The second-order valence-electron chi connectivity index (χ2n) is 5.72. The number of piperidine rings is 1. The fraction of sp³-hybridized carbons (Fsp3) is 0.600. The number of methoxy groups -OCH3 is 1. The maximum Gasteiger partial charge on any atom is 0.233 e. The van der Waals surface area contributed by atoms with Gasteiger partial charge in [-0.15, -0.1) is 0 Å². The lowest BCUT2D eigenvalue weighted by Gasteiger charge is -2.35. The van der Waals surface area contributed by atoms with E-state index in [0.29, 0.717) is 6.61 Å². The summed E-state index contributed by atoms with van der Waals surface area (Å²) in [4.78, 5) is 18.9. The average Bonchev–Trinajstić information content (AvgIpc) is 2.49. The van der Waals surface area contributed by atoms with Crippen molar-refractivity contribution in [3.8, 4) is 0 Å². The molecule has 116 valence electrons. The van der Waals surface area contributed by atoms with Crippen LogP contribution in [-0.4, -0.2) is 51.8 Å². The Labute approximate surface area is 125 Å². The standard InChI is InChI=1S/C15H24N4O2/c1-19(2)13-5-4-12(10-17-13)18-14(20)15(11-21-3)6-8-16-9-7-15/h4-5,10,16H,6-9,11H2,1-3H3,(H,18,20). The number of carbonyl (C=O) groups excluding carboxylic acids is 1. The predicted octanol–water partition coefficient (Wildman–Crippen LogP) is 1.10. The van der Waals surface area contributed by atoms with Crippen LogP contribution in [0.15, 0.2) is 18.3 Å². The number of aromatic nitrogens is 1. The predicted molar refractivity (Wildman–Crippen MR) is 83.6 cm³/mol. The molecule has 0 radical (unpaired) electrons. The summed E-state index contributed by atoms with van der Waals surface area (Å²) in [7, 11) is 5.51. The van der Waals surface area contributed by atoms with Crippen LogP contribution in [0, 0.1) is 5.41 Å². The normalized spacial score (nSPS) is 17.3. The van der Waals surface area contributed by atoms with Crippen LogP contribution in [0.2, 0.25) is 0 Å². The molecule has 0 aliphatic carbocycles. The fourth-order valence-corrected chi connectivity index (χ4v) is 2.61. The molecule has 1 aromatic rings. The minimum atomic E-state index is -0.444. The molecule has 1 aliphatic heterocycles. The van der Waals surface area contributed by atoms with E-state index in [1.54, 1.807) is 13.3 Å². The lowest BCUT2D eigenvalue weighted by Crippen LogP contribution is -2.47. The molecule has 1 amide bonds. The minimum absolute atomic E-state index is 0.0188. The van der Waals surface area contributed by atoms with Crippen molar-refractivity contribution >= 4 is 17.4 Å². The Kier molecular flexibility index (Phi) is 5.14. The van der Waals surface area contributed by atoms with Gasteiger partial charge in [-0.3, -0.25) is 4.79 Å². The molecule has 2 N–H and O–H groups in total. The Morgan fingerprint density at radius 3 is 2.67 bits per heavy atom. The highest BCUT2D eigenvalue weighted by Gasteiger charge is 2.39. The van der Waals surface area contributed by atoms with Gasteiger partial charge in [0.2, 0.25) is 5.91 Å². The van der Waals surface area contributed by atoms with Crippen molar-refractivity contribution in [2.75, 3.05) is 51.1 Å². The number of anilines is 2. The van der Waals surface area contributed by atoms with Gasteiger partial charge in [0.15, 0.2) is 0 Å². The zero-order chi connectivity index (χ0) is 15.3. The number of amides is 1. The number of rotatable bonds is 5. The topological polar surface area (TPSA) is 66.5 Å². The van der Waals surface area contributed by atoms with Gasteiger partial charge in [-0.1, -0.05) is 0 Å². The molecule has 0 spiro atoms. The molecule has 6 nitrogen and oxygen atoms in total. The van der Waals surface area contributed by atoms with Gasteiger partial charge < -0.3 is 20.3 Å². The lowest BCUT2D eigenvalue weighted by atomic mass is 9.78. The molecule has 0 atom stereocenters. The van der Waals surface area contributed by atoms with Gasteiger partial charge >= 0.3 is 0 Å². The van der Waals surface area contributed by atoms with Gasteiger partial charge in [0.25, 0.3) is 0 Å². The third-order valence-electron chi connectivity index (χ3n) is 3.93. The summed E-state index contributed by atoms with van der Waals surface area (Å²) in [5, 5.41) is 6.26. The molecule has 1 aliphatic rings. The monoisotopic (exact) mass is 292 g/mol. The molecule has 0 unspecified atom stereocenters. The molecule has 2 rings (SSSR count). The van der Waals surface area contributed by atoms with E-state index in [0.717, 1.165) is 37.4 Å². The van der Waals surface area contributed by atoms with Crippen LogP contribution in [0.4, 0.5) is 11.5 Å². The van der Waals surface area contributed by atoms with Gasteiger partial charge in [0.05, 0.1) is 23.9 Å². The zero-order valence-electron chi connectivity index (χ0n) is 13.0. The zero-order valence-corrected chi connectivity index (χ0v) is 13.0. The SMILES string of the molecule is COCC1(C(=O)Nc2ccc(N(C)C)nc2)CCNCC1. The fourth-order valence-electron chi connectivity index (χ4n) is 2.61. The molecular weight excluding hydrogens is 268 g/mol. The first-order valence-corrected chi connectivity index (χ1v) is 7.22. The van der Waals surface area contributed by atoms with Crippen molar-refractivity contribution in [1.29, 1.82) is 0 Å². The third-order valence-corrected chi connectivity index (χ3v) is 3.93. The average molecular weight is 292 g/mol. The van der Waals surface area contributed by atoms with Gasteiger partial charge in [0, 0.05) is 21.2 Å². The molecule has 0 saturated carbocycles. The van der Waals surface area contributed by atoms with Crippen molar-refractivity contribution in [2.24, 2.45) is 5.41 Å². The maximum atomic E-state index is 12.6. The van der Waals surface area contributed by atoms with Crippen molar-refractivity contribution < 1.29 is 9.53 Å². The number of hydrogen-bond acceptors (Lipinski definition) is 5. The van der Waals surface area contributed by atoms with E-state index < -0.39 is 5.41 Å². The number of pyridine rings is 1. The van der Waals surface area contributed by atoms with E-state index in [2.05, 4.69) is 15.6 Å². The van der Waals surface area contributed by atoms with E-state index in [1.807, 2.05) is 31.1 Å². The van der Waals surface area contributed by atoms with Gasteiger partial charge in [0.1, 0.15) is 5.82 Å². The Balaban J connectivity index is 2.07. The van der Waals surface area contributed by atoms with Crippen LogP contribution in [0.25, 0.3) is 0 Å². The molecule has 1 saturated heterocycles. The molecule has 21 heavy (non-hydrogen) atoms. The van der Waals surface area contributed by atoms with E-state index in [4.69, 9.17) is 4.74 Å². The summed E-state index contributed by atoms with van der Waals surface area (Å²) >= 11 is 0. The van der Waals surface area contributed by atoms with Crippen LogP contribution < -0.4 is 15.5 Å². The van der Waals surface area contributed by atoms with Crippen LogP contribution in [-0.2, 0) is 9.53 Å². The summed E-state index contributed by atoms with van der Waals surface area (Å²) in [5.41, 5.74) is 0.278. The molecule has 0 aromatic carbocycles. The summed E-state index contributed by atoms with van der Waals surface area (Å²) in [5.74, 6) is 0.881. The second-order valence-corrected chi connectivity index (χ2v) is 5.72. The Hall–Kier alpha value is -1.66. The maximum absolute atomic E-state index is 12.6. The summed E-state index contributed by atoms with van der Waals surface area (Å²) in [6.45, 7) is 2.13. The van der Waals surface area contributed by atoms with Crippen LogP contribution in [0.3, 0.4) is 0 Å². The molecule has 0 bridgehead atoms. The highest BCUT2D eigenvalue weighted by atomic mass is 16.5. The Bertz CT molecular complexity index is 462. The summed E-state index contributed by atoms with van der Waals surface area (Å²) in [6.07, 6.45) is 3.26. The lowest BCUT2D eigenvalue weighted by molar-refractivity contribution is -0.130. The highest BCUT2D eigenvalue weighted by Crippen LogP contribution is 2.30. The van der Waals surface area contributed by atoms with Crippen molar-refractivity contribution in [3.63, 3.8) is 0 Å². The molecule has 6 heteroatoms. The van der Waals surface area contributed by atoms with Crippen molar-refractivity contribution in [2.45, 2.75) is 12.8 Å². The first-order chi connectivity index (χ1) is 10.1. The van der Waals surface area contributed by atoms with E-state index in [9.17, 15) is 4.79 Å². The van der Waals surface area contributed by atoms with Gasteiger partial charge in [-0.05, 0) is 38.1 Å². The highest BCUT2D eigenvalue weighted by molar-refractivity contribution is 5.95.